The van der Waals surface area contributed by atoms with Crippen molar-refractivity contribution in [1.82, 2.24) is 0 Å². The Labute approximate surface area is 205 Å². The molecule has 1 N–H and O–H groups in total. The highest BCUT2D eigenvalue weighted by atomic mass is 16.6. The van der Waals surface area contributed by atoms with E-state index in [1.165, 1.54) is 70.6 Å². The molecule has 4 nitrogen and oxygen atoms in total. The van der Waals surface area contributed by atoms with Crippen molar-refractivity contribution in [2.45, 2.75) is 136 Å². The average molecular weight is 467 g/mol. The van der Waals surface area contributed by atoms with Crippen LogP contribution in [0.4, 0.5) is 0 Å². The van der Waals surface area contributed by atoms with E-state index >= 15 is 0 Å². The van der Waals surface area contributed by atoms with Gasteiger partial charge in [0.05, 0.1) is 13.2 Å². The molecule has 1 atom stereocenters. The maximum Gasteiger partial charge on any atom is 0.306 e. The lowest BCUT2D eigenvalue weighted by Crippen LogP contribution is -2.27. The van der Waals surface area contributed by atoms with Gasteiger partial charge in [-0.25, -0.2) is 0 Å². The number of carbonyl (C=O) groups excluding carboxylic acids is 1. The molecule has 0 aromatic heterocycles. The summed E-state index contributed by atoms with van der Waals surface area (Å²) in [7, 11) is 0. The Morgan fingerprint density at radius 2 is 1.27 bits per heavy atom. The monoisotopic (exact) mass is 466 g/mol. The second-order valence-electron chi connectivity index (χ2n) is 9.12. The van der Waals surface area contributed by atoms with Gasteiger partial charge in [-0.15, -0.1) is 0 Å². The number of aliphatic hydroxyl groups excluding tert-OH is 1. The second-order valence-corrected chi connectivity index (χ2v) is 9.12. The van der Waals surface area contributed by atoms with Gasteiger partial charge in [-0.1, -0.05) is 102 Å². The topological polar surface area (TPSA) is 55.8 Å². The molecular weight excluding hydrogens is 412 g/mol. The van der Waals surface area contributed by atoms with Crippen molar-refractivity contribution < 1.29 is 19.4 Å². The fourth-order valence-electron chi connectivity index (χ4n) is 3.65. The van der Waals surface area contributed by atoms with Gasteiger partial charge in [-0.05, 0) is 44.9 Å². The molecule has 194 valence electrons. The third kappa shape index (κ3) is 25.3. The van der Waals surface area contributed by atoms with Gasteiger partial charge in [0.25, 0.3) is 0 Å². The van der Waals surface area contributed by atoms with Crippen LogP contribution in [0.25, 0.3) is 0 Å². The lowest BCUT2D eigenvalue weighted by Gasteiger charge is -2.15. The number of carbonyl (C=O) groups is 1. The summed E-state index contributed by atoms with van der Waals surface area (Å²) in [5, 5.41) is 9.41. The number of hydrogen-bond donors (Lipinski definition) is 1. The molecule has 0 spiro atoms. The van der Waals surface area contributed by atoms with Gasteiger partial charge in [-0.3, -0.25) is 4.79 Å². The Morgan fingerprint density at radius 3 is 1.94 bits per heavy atom. The smallest absolute Gasteiger partial charge is 0.306 e. The van der Waals surface area contributed by atoms with Gasteiger partial charge in [-0.2, -0.15) is 0 Å². The van der Waals surface area contributed by atoms with Crippen LogP contribution in [-0.2, 0) is 14.3 Å². The number of unbranched alkanes of at least 4 members (excludes halogenated alkanes) is 13. The van der Waals surface area contributed by atoms with E-state index in [0.29, 0.717) is 19.6 Å². The van der Waals surface area contributed by atoms with Crippen LogP contribution in [0, 0.1) is 0 Å². The van der Waals surface area contributed by atoms with Crippen molar-refractivity contribution in [1.29, 1.82) is 0 Å². The Balaban J connectivity index is 3.51. The van der Waals surface area contributed by atoms with Gasteiger partial charge in [0.1, 0.15) is 6.10 Å². The first-order valence-corrected chi connectivity index (χ1v) is 13.9. The normalized spacial score (nSPS) is 12.7. The van der Waals surface area contributed by atoms with Crippen LogP contribution in [0.3, 0.4) is 0 Å². The van der Waals surface area contributed by atoms with Crippen molar-refractivity contribution in [2.75, 3.05) is 19.8 Å². The van der Waals surface area contributed by atoms with Crippen LogP contribution in [-0.4, -0.2) is 37.0 Å². The van der Waals surface area contributed by atoms with Crippen molar-refractivity contribution >= 4 is 5.97 Å². The molecular formula is C29H54O4. The molecule has 1 unspecified atom stereocenters. The quantitative estimate of drug-likeness (QED) is 0.0839. The highest BCUT2D eigenvalue weighted by Gasteiger charge is 2.13. The number of aliphatic hydroxyl groups is 1. The van der Waals surface area contributed by atoms with Gasteiger partial charge in [0, 0.05) is 13.0 Å². The highest BCUT2D eigenvalue weighted by Crippen LogP contribution is 2.10. The van der Waals surface area contributed by atoms with E-state index in [1.54, 1.807) is 0 Å². The summed E-state index contributed by atoms with van der Waals surface area (Å²) in [5.41, 5.74) is 0. The molecule has 0 rings (SSSR count). The third-order valence-electron chi connectivity index (χ3n) is 5.78. The number of esters is 1. The van der Waals surface area contributed by atoms with Gasteiger partial charge in [0.15, 0.2) is 0 Å². The molecule has 0 saturated carbocycles. The average Bonchev–Trinajstić information content (AvgIpc) is 2.82. The fourth-order valence-corrected chi connectivity index (χ4v) is 3.65. The van der Waals surface area contributed by atoms with Crippen LogP contribution >= 0.6 is 0 Å². The van der Waals surface area contributed by atoms with E-state index in [-0.39, 0.29) is 12.6 Å². The summed E-state index contributed by atoms with van der Waals surface area (Å²) in [6.45, 7) is 5.24. The minimum Gasteiger partial charge on any atom is -0.457 e. The zero-order valence-corrected chi connectivity index (χ0v) is 21.9. The zero-order valence-electron chi connectivity index (χ0n) is 21.9. The molecule has 0 aliphatic heterocycles. The van der Waals surface area contributed by atoms with Crippen molar-refractivity contribution in [3.63, 3.8) is 0 Å². The van der Waals surface area contributed by atoms with Crippen LogP contribution in [0.15, 0.2) is 24.3 Å². The molecule has 33 heavy (non-hydrogen) atoms. The first-order valence-electron chi connectivity index (χ1n) is 13.9. The third-order valence-corrected chi connectivity index (χ3v) is 5.78. The summed E-state index contributed by atoms with van der Waals surface area (Å²) in [4.78, 5) is 12.0. The summed E-state index contributed by atoms with van der Waals surface area (Å²) in [6.07, 6.45) is 29.2. The molecule has 0 fully saturated rings. The zero-order chi connectivity index (χ0) is 24.2. The number of ether oxygens (including phenoxy) is 2. The Hall–Kier alpha value is -1.13. The Bertz CT molecular complexity index is 459. The van der Waals surface area contributed by atoms with E-state index in [9.17, 15) is 9.90 Å². The van der Waals surface area contributed by atoms with Gasteiger partial charge in [0.2, 0.25) is 0 Å². The summed E-state index contributed by atoms with van der Waals surface area (Å²) in [6, 6.07) is 0. The largest absolute Gasteiger partial charge is 0.457 e. The lowest BCUT2D eigenvalue weighted by atomic mass is 10.1. The number of hydrogen-bond acceptors (Lipinski definition) is 4. The summed E-state index contributed by atoms with van der Waals surface area (Å²) < 4.78 is 10.9. The van der Waals surface area contributed by atoms with E-state index in [0.717, 1.165) is 38.5 Å². The van der Waals surface area contributed by atoms with Crippen molar-refractivity contribution in [3.05, 3.63) is 24.3 Å². The number of allylic oxidation sites excluding steroid dienone is 4. The highest BCUT2D eigenvalue weighted by molar-refractivity contribution is 5.69. The molecule has 0 heterocycles. The Kier molecular flexibility index (Phi) is 26.2. The van der Waals surface area contributed by atoms with E-state index in [2.05, 4.69) is 38.2 Å². The molecule has 0 radical (unpaired) electrons. The van der Waals surface area contributed by atoms with Gasteiger partial charge >= 0.3 is 5.97 Å². The van der Waals surface area contributed by atoms with Crippen molar-refractivity contribution in [2.24, 2.45) is 0 Å². The first kappa shape index (κ1) is 31.9. The van der Waals surface area contributed by atoms with Crippen LogP contribution in [0.2, 0.25) is 0 Å². The molecule has 0 aromatic rings. The fraction of sp³-hybridized carbons (Fsp3) is 0.828. The van der Waals surface area contributed by atoms with E-state index in [1.807, 2.05) is 0 Å². The molecule has 0 aliphatic carbocycles. The van der Waals surface area contributed by atoms with E-state index in [4.69, 9.17) is 9.47 Å². The predicted molar refractivity (Wildman–Crippen MR) is 141 cm³/mol. The second kappa shape index (κ2) is 27.1. The van der Waals surface area contributed by atoms with E-state index < -0.39 is 6.10 Å². The minimum absolute atomic E-state index is 0.176. The lowest BCUT2D eigenvalue weighted by molar-refractivity contribution is -0.154. The molecule has 4 heteroatoms. The van der Waals surface area contributed by atoms with Crippen molar-refractivity contribution in [3.8, 4) is 0 Å². The maximum atomic E-state index is 12.0. The number of rotatable bonds is 25. The molecule has 0 aromatic carbocycles. The summed E-state index contributed by atoms with van der Waals surface area (Å²) in [5.74, 6) is -0.220. The first-order chi connectivity index (χ1) is 16.2. The standard InChI is InChI=1S/C29H54O4/c1-3-5-7-9-11-12-13-14-15-16-17-18-19-20-22-24-29(31)33-28(26-30)27-32-25-23-21-10-8-6-4-2/h11-12,14-15,28,30H,3-10,13,16-27H2,1-2H3/b12-11-,15-14-. The molecule has 0 aliphatic rings. The SMILES string of the molecule is CCCCC/C=C\C/C=C\CCCCCCCC(=O)OC(CO)COCCCCCCCC. The van der Waals surface area contributed by atoms with Crippen LogP contribution in [0.5, 0.6) is 0 Å². The Morgan fingerprint density at radius 1 is 0.727 bits per heavy atom. The van der Waals surface area contributed by atoms with Crippen LogP contribution in [0.1, 0.15) is 129 Å². The molecule has 0 saturated heterocycles. The minimum atomic E-state index is -0.532. The van der Waals surface area contributed by atoms with Crippen LogP contribution < -0.4 is 0 Å². The molecule has 0 bridgehead atoms. The maximum absolute atomic E-state index is 12.0. The van der Waals surface area contributed by atoms with Gasteiger partial charge < -0.3 is 14.6 Å². The predicted octanol–water partition coefficient (Wildman–Crippen LogP) is 8.08. The summed E-state index contributed by atoms with van der Waals surface area (Å²) >= 11 is 0. The molecule has 0 amide bonds.